The van der Waals surface area contributed by atoms with Crippen molar-refractivity contribution in [1.29, 1.82) is 0 Å². The number of fused-ring (bicyclic) bond motifs is 1. The number of aryl methyl sites for hydroxylation is 1. The summed E-state index contributed by atoms with van der Waals surface area (Å²) in [7, 11) is -1.95. The maximum absolute atomic E-state index is 13.4. The Kier molecular flexibility index (Phi) is 6.12. The normalized spacial score (nSPS) is 11.6. The topological polar surface area (TPSA) is 84.3 Å². The maximum Gasteiger partial charge on any atom is 0.270 e. The van der Waals surface area contributed by atoms with Gasteiger partial charge in [0.1, 0.15) is 11.5 Å². The summed E-state index contributed by atoms with van der Waals surface area (Å²) in [6.45, 7) is 4.06. The number of halogens is 1. The van der Waals surface area contributed by atoms with E-state index in [1.54, 1.807) is 13.0 Å². The standard InChI is InChI=1S/C21H25FN4O3S/c1-5-7-14-12-17-18(13-19(14)25(6-2)30(4,28)29)24-26(20(17)21(27)23-3)16-10-8-15(22)9-11-16/h8-13H,5-7H2,1-4H3,(H,23,27). The van der Waals surface area contributed by atoms with Gasteiger partial charge < -0.3 is 5.32 Å². The van der Waals surface area contributed by atoms with Gasteiger partial charge in [0.15, 0.2) is 0 Å². The molecule has 0 fully saturated rings. The average Bonchev–Trinajstić information content (AvgIpc) is 3.06. The molecule has 160 valence electrons. The van der Waals surface area contributed by atoms with Crippen LogP contribution in [0.4, 0.5) is 10.1 Å². The minimum Gasteiger partial charge on any atom is -0.354 e. The predicted octanol–water partition coefficient (Wildman–Crippen LogP) is 3.26. The van der Waals surface area contributed by atoms with Gasteiger partial charge in [-0.2, -0.15) is 5.10 Å². The molecule has 0 aliphatic carbocycles. The van der Waals surface area contributed by atoms with Gasteiger partial charge in [0.2, 0.25) is 10.0 Å². The van der Waals surface area contributed by atoms with Crippen LogP contribution in [-0.2, 0) is 16.4 Å². The fourth-order valence-corrected chi connectivity index (χ4v) is 4.55. The summed E-state index contributed by atoms with van der Waals surface area (Å²) in [6.07, 6.45) is 2.62. The number of rotatable bonds is 7. The highest BCUT2D eigenvalue weighted by Crippen LogP contribution is 2.32. The second-order valence-electron chi connectivity index (χ2n) is 6.99. The Hall–Kier alpha value is -2.94. The van der Waals surface area contributed by atoms with E-state index in [1.165, 1.54) is 46.6 Å². The predicted molar refractivity (Wildman–Crippen MR) is 116 cm³/mol. The van der Waals surface area contributed by atoms with Crippen LogP contribution >= 0.6 is 0 Å². The molecule has 9 heteroatoms. The highest BCUT2D eigenvalue weighted by molar-refractivity contribution is 7.92. The van der Waals surface area contributed by atoms with Crippen molar-refractivity contribution in [2.75, 3.05) is 24.2 Å². The lowest BCUT2D eigenvalue weighted by Gasteiger charge is -2.23. The largest absolute Gasteiger partial charge is 0.354 e. The van der Waals surface area contributed by atoms with Crippen molar-refractivity contribution in [1.82, 2.24) is 15.1 Å². The number of amides is 1. The molecule has 0 saturated carbocycles. The lowest BCUT2D eigenvalue weighted by atomic mass is 10.0. The lowest BCUT2D eigenvalue weighted by Crippen LogP contribution is -2.30. The van der Waals surface area contributed by atoms with Gasteiger partial charge in [0, 0.05) is 19.0 Å². The summed E-state index contributed by atoms with van der Waals surface area (Å²) >= 11 is 0. The zero-order valence-corrected chi connectivity index (χ0v) is 18.3. The third-order valence-corrected chi connectivity index (χ3v) is 6.12. The van der Waals surface area contributed by atoms with Crippen LogP contribution in [-0.4, -0.2) is 44.0 Å². The molecule has 1 N–H and O–H groups in total. The Balaban J connectivity index is 2.35. The summed E-state index contributed by atoms with van der Waals surface area (Å²) in [6, 6.07) is 9.21. The number of anilines is 1. The van der Waals surface area contributed by atoms with E-state index < -0.39 is 15.8 Å². The fourth-order valence-electron chi connectivity index (χ4n) is 3.56. The van der Waals surface area contributed by atoms with Crippen molar-refractivity contribution in [2.24, 2.45) is 0 Å². The van der Waals surface area contributed by atoms with Crippen molar-refractivity contribution in [3.8, 4) is 5.69 Å². The summed E-state index contributed by atoms with van der Waals surface area (Å²) in [5, 5.41) is 7.79. The number of nitrogens with one attached hydrogen (secondary N) is 1. The Morgan fingerprint density at radius 2 is 1.87 bits per heavy atom. The molecule has 0 radical (unpaired) electrons. The first kappa shape index (κ1) is 21.8. The molecule has 3 aromatic rings. The van der Waals surface area contributed by atoms with Crippen LogP contribution in [0.15, 0.2) is 36.4 Å². The quantitative estimate of drug-likeness (QED) is 0.621. The molecular weight excluding hydrogens is 407 g/mol. The first-order valence-corrected chi connectivity index (χ1v) is 11.6. The van der Waals surface area contributed by atoms with E-state index in [4.69, 9.17) is 0 Å². The summed E-state index contributed by atoms with van der Waals surface area (Å²) in [4.78, 5) is 12.7. The molecule has 0 unspecified atom stereocenters. The Labute approximate surface area is 175 Å². The highest BCUT2D eigenvalue weighted by atomic mass is 32.2. The van der Waals surface area contributed by atoms with E-state index in [0.29, 0.717) is 34.4 Å². The monoisotopic (exact) mass is 432 g/mol. The van der Waals surface area contributed by atoms with Crippen LogP contribution in [0, 0.1) is 5.82 Å². The molecule has 0 bridgehead atoms. The van der Waals surface area contributed by atoms with E-state index in [-0.39, 0.29) is 12.5 Å². The van der Waals surface area contributed by atoms with Crippen molar-refractivity contribution in [3.63, 3.8) is 0 Å². The highest BCUT2D eigenvalue weighted by Gasteiger charge is 2.24. The van der Waals surface area contributed by atoms with Crippen molar-refractivity contribution in [2.45, 2.75) is 26.7 Å². The van der Waals surface area contributed by atoms with Crippen molar-refractivity contribution in [3.05, 3.63) is 53.5 Å². The molecule has 30 heavy (non-hydrogen) atoms. The van der Waals surface area contributed by atoms with Gasteiger partial charge in [-0.3, -0.25) is 9.10 Å². The van der Waals surface area contributed by atoms with Gasteiger partial charge >= 0.3 is 0 Å². The van der Waals surface area contributed by atoms with E-state index in [1.807, 2.05) is 13.0 Å². The summed E-state index contributed by atoms with van der Waals surface area (Å²) in [5.74, 6) is -0.733. The molecule has 0 aliphatic heterocycles. The second kappa shape index (κ2) is 8.43. The third-order valence-electron chi connectivity index (χ3n) is 4.86. The van der Waals surface area contributed by atoms with Gasteiger partial charge in [0.25, 0.3) is 5.91 Å². The number of carbonyl (C=O) groups is 1. The Bertz CT molecular complexity index is 1190. The van der Waals surface area contributed by atoms with E-state index in [9.17, 15) is 17.6 Å². The third kappa shape index (κ3) is 4.02. The number of nitrogens with zero attached hydrogens (tertiary/aromatic N) is 3. The lowest BCUT2D eigenvalue weighted by molar-refractivity contribution is 0.0957. The number of hydrogen-bond donors (Lipinski definition) is 1. The molecule has 0 aliphatic rings. The van der Waals surface area contributed by atoms with Crippen LogP contribution in [0.5, 0.6) is 0 Å². The molecule has 1 heterocycles. The van der Waals surface area contributed by atoms with Gasteiger partial charge in [0.05, 0.1) is 23.1 Å². The molecule has 0 atom stereocenters. The van der Waals surface area contributed by atoms with E-state index in [0.717, 1.165) is 12.0 Å². The summed E-state index contributed by atoms with van der Waals surface area (Å²) in [5.41, 5.74) is 2.70. The maximum atomic E-state index is 13.4. The average molecular weight is 433 g/mol. The first-order chi connectivity index (χ1) is 14.2. The molecule has 0 spiro atoms. The molecular formula is C21H25FN4O3S. The molecule has 1 amide bonds. The Morgan fingerprint density at radius 1 is 1.20 bits per heavy atom. The molecule has 1 aromatic heterocycles. The smallest absolute Gasteiger partial charge is 0.270 e. The zero-order chi connectivity index (χ0) is 22.1. The number of aromatic nitrogens is 2. The molecule has 2 aromatic carbocycles. The molecule has 7 nitrogen and oxygen atoms in total. The van der Waals surface area contributed by atoms with E-state index >= 15 is 0 Å². The first-order valence-electron chi connectivity index (χ1n) is 9.72. The number of hydrogen-bond acceptors (Lipinski definition) is 4. The Morgan fingerprint density at radius 3 is 2.40 bits per heavy atom. The van der Waals surface area contributed by atoms with Crippen LogP contribution in [0.25, 0.3) is 16.6 Å². The molecule has 3 rings (SSSR count). The van der Waals surface area contributed by atoms with Crippen molar-refractivity contribution < 1.29 is 17.6 Å². The SMILES string of the molecule is CCCc1cc2c(C(=O)NC)n(-c3ccc(F)cc3)nc2cc1N(CC)S(C)(=O)=O. The van der Waals surface area contributed by atoms with Gasteiger partial charge in [-0.05, 0) is 55.3 Å². The van der Waals surface area contributed by atoms with Crippen LogP contribution in [0.3, 0.4) is 0 Å². The zero-order valence-electron chi connectivity index (χ0n) is 17.4. The minimum absolute atomic E-state index is 0.280. The second-order valence-corrected chi connectivity index (χ2v) is 8.90. The number of carbonyl (C=O) groups excluding carboxylic acids is 1. The van der Waals surface area contributed by atoms with Crippen LogP contribution in [0.1, 0.15) is 36.3 Å². The van der Waals surface area contributed by atoms with Gasteiger partial charge in [-0.15, -0.1) is 0 Å². The van der Waals surface area contributed by atoms with Gasteiger partial charge in [-0.25, -0.2) is 17.5 Å². The van der Waals surface area contributed by atoms with Gasteiger partial charge in [-0.1, -0.05) is 13.3 Å². The number of benzene rings is 2. The van der Waals surface area contributed by atoms with Crippen LogP contribution in [0.2, 0.25) is 0 Å². The summed E-state index contributed by atoms with van der Waals surface area (Å²) < 4.78 is 40.9. The van der Waals surface area contributed by atoms with E-state index in [2.05, 4.69) is 10.4 Å². The van der Waals surface area contributed by atoms with Crippen molar-refractivity contribution >= 4 is 32.5 Å². The number of sulfonamides is 1. The minimum atomic E-state index is -3.48. The van der Waals surface area contributed by atoms with Crippen LogP contribution < -0.4 is 9.62 Å². The fraction of sp³-hybridized carbons (Fsp3) is 0.333. The molecule has 0 saturated heterocycles.